The first-order valence-electron chi connectivity index (χ1n) is 5.80. The molecular weight excluding hydrogens is 256 g/mol. The third-order valence-electron chi connectivity index (χ3n) is 3.15. The fraction of sp³-hybridized carbons (Fsp3) is 0.286. The van der Waals surface area contributed by atoms with E-state index in [2.05, 4.69) is 12.1 Å². The zero-order chi connectivity index (χ0) is 14.0. The number of rotatable bonds is 1. The summed E-state index contributed by atoms with van der Waals surface area (Å²) < 4.78 is 1.89. The maximum absolute atomic E-state index is 9.35. The molecule has 5 heteroatoms. The molecule has 0 saturated carbocycles. The van der Waals surface area contributed by atoms with Gasteiger partial charge in [-0.1, -0.05) is 11.8 Å². The van der Waals surface area contributed by atoms with Crippen molar-refractivity contribution in [3.05, 3.63) is 40.6 Å². The van der Waals surface area contributed by atoms with Gasteiger partial charge in [-0.15, -0.1) is 0 Å². The first kappa shape index (κ1) is 13.3. The number of thioether (sulfide) groups is 1. The fourth-order valence-corrected chi connectivity index (χ4v) is 3.18. The van der Waals surface area contributed by atoms with Gasteiger partial charge in [0, 0.05) is 28.0 Å². The lowest BCUT2D eigenvalue weighted by Gasteiger charge is -2.27. The van der Waals surface area contributed by atoms with Gasteiger partial charge in [-0.25, -0.2) is 4.57 Å². The number of nitrogens with one attached hydrogen (secondary N) is 1. The van der Waals surface area contributed by atoms with Gasteiger partial charge in [0.15, 0.2) is 12.4 Å². The predicted octanol–water partition coefficient (Wildman–Crippen LogP) is 2.26. The second-order valence-corrected chi connectivity index (χ2v) is 5.69. The number of nitrogens with zero attached hydrogens (tertiary/aromatic N) is 3. The molecule has 1 aliphatic heterocycles. The SMILES string of the molecule is CC1=C(C#N)[C@H](c2ccc[n+](C)c2)[C@H](C#N)C(=N)S1. The Bertz CT molecular complexity index is 648. The van der Waals surface area contributed by atoms with E-state index in [1.54, 1.807) is 0 Å². The minimum atomic E-state index is -0.578. The van der Waals surface area contributed by atoms with E-state index >= 15 is 0 Å². The number of hydrogen-bond acceptors (Lipinski definition) is 4. The highest BCUT2D eigenvalue weighted by molar-refractivity contribution is 8.17. The molecule has 1 aliphatic rings. The van der Waals surface area contributed by atoms with Crippen LogP contribution in [0.15, 0.2) is 35.0 Å². The van der Waals surface area contributed by atoms with Crippen molar-refractivity contribution in [2.45, 2.75) is 12.8 Å². The van der Waals surface area contributed by atoms with Crippen LogP contribution in [0.2, 0.25) is 0 Å². The number of hydrogen-bond donors (Lipinski definition) is 1. The Labute approximate surface area is 116 Å². The van der Waals surface area contributed by atoms with Crippen LogP contribution in [0.3, 0.4) is 0 Å². The standard InChI is InChI=1S/C14H13N4S/c1-9-11(6-15)13(12(7-16)14(17)19-9)10-4-3-5-18(2)8-10/h3-5,8,12-13,17H,1-2H3/q+1/t12-,13-/m0/s1. The third kappa shape index (κ3) is 2.38. The first-order valence-corrected chi connectivity index (χ1v) is 6.62. The monoisotopic (exact) mass is 269 g/mol. The summed E-state index contributed by atoms with van der Waals surface area (Å²) in [6.45, 7) is 1.83. The highest BCUT2D eigenvalue weighted by Gasteiger charge is 2.37. The Hall–Kier alpha value is -2.11. The molecule has 1 aromatic rings. The fourth-order valence-electron chi connectivity index (χ4n) is 2.26. The molecule has 0 radical (unpaired) electrons. The molecule has 1 N–H and O–H groups in total. The van der Waals surface area contributed by atoms with E-state index in [9.17, 15) is 10.5 Å². The van der Waals surface area contributed by atoms with E-state index in [1.165, 1.54) is 11.8 Å². The summed E-state index contributed by atoms with van der Waals surface area (Å²) in [7, 11) is 1.90. The Kier molecular flexibility index (Phi) is 3.69. The summed E-state index contributed by atoms with van der Waals surface area (Å²) in [6.07, 6.45) is 3.80. The summed E-state index contributed by atoms with van der Waals surface area (Å²) in [6, 6.07) is 8.17. The summed E-state index contributed by atoms with van der Waals surface area (Å²) in [4.78, 5) is 0.815. The van der Waals surface area contributed by atoms with Crippen molar-refractivity contribution in [2.24, 2.45) is 13.0 Å². The quantitative estimate of drug-likeness (QED) is 0.794. The molecule has 0 unspecified atom stereocenters. The van der Waals surface area contributed by atoms with Crippen LogP contribution >= 0.6 is 11.8 Å². The molecule has 19 heavy (non-hydrogen) atoms. The molecule has 0 saturated heterocycles. The van der Waals surface area contributed by atoms with Crippen molar-refractivity contribution >= 4 is 16.8 Å². The van der Waals surface area contributed by atoms with Gasteiger partial charge in [-0.3, -0.25) is 5.41 Å². The van der Waals surface area contributed by atoms with Crippen molar-refractivity contribution in [1.82, 2.24) is 0 Å². The summed E-state index contributed by atoms with van der Waals surface area (Å²) in [5.74, 6) is -0.915. The van der Waals surface area contributed by atoms with Gasteiger partial charge in [0.25, 0.3) is 0 Å². The smallest absolute Gasteiger partial charge is 0.172 e. The van der Waals surface area contributed by atoms with Crippen LogP contribution in [0.25, 0.3) is 0 Å². The molecule has 0 amide bonds. The normalized spacial score (nSPS) is 22.8. The maximum Gasteiger partial charge on any atom is 0.172 e. The van der Waals surface area contributed by atoms with E-state index in [0.29, 0.717) is 10.6 Å². The van der Waals surface area contributed by atoms with Crippen molar-refractivity contribution < 1.29 is 4.57 Å². The van der Waals surface area contributed by atoms with Crippen LogP contribution in [-0.4, -0.2) is 5.04 Å². The Morgan fingerprint density at radius 1 is 1.42 bits per heavy atom. The number of nitriles is 2. The van der Waals surface area contributed by atoms with E-state index in [0.717, 1.165) is 10.5 Å². The molecule has 2 rings (SSSR count). The topological polar surface area (TPSA) is 75.3 Å². The van der Waals surface area contributed by atoms with Gasteiger partial charge < -0.3 is 0 Å². The molecule has 0 spiro atoms. The lowest BCUT2D eigenvalue weighted by molar-refractivity contribution is -0.672. The van der Waals surface area contributed by atoms with Crippen LogP contribution in [0.4, 0.5) is 0 Å². The number of allylic oxidation sites excluding steroid dienone is 2. The second kappa shape index (κ2) is 5.26. The largest absolute Gasteiger partial charge is 0.297 e. The first-order chi connectivity index (χ1) is 9.08. The van der Waals surface area contributed by atoms with E-state index in [4.69, 9.17) is 5.41 Å². The predicted molar refractivity (Wildman–Crippen MR) is 73.1 cm³/mol. The van der Waals surface area contributed by atoms with Crippen LogP contribution in [0.5, 0.6) is 0 Å². The molecule has 0 aliphatic carbocycles. The molecule has 2 atom stereocenters. The molecular formula is C14H13N4S+. The molecule has 0 bridgehead atoms. The maximum atomic E-state index is 9.35. The third-order valence-corrected chi connectivity index (χ3v) is 4.15. The van der Waals surface area contributed by atoms with Gasteiger partial charge in [0.05, 0.1) is 17.2 Å². The molecule has 0 fully saturated rings. The number of aryl methyl sites for hydroxylation is 1. The number of pyridine rings is 1. The summed E-state index contributed by atoms with van der Waals surface area (Å²) >= 11 is 1.22. The van der Waals surface area contributed by atoms with E-state index in [1.807, 2.05) is 43.1 Å². The molecule has 2 heterocycles. The van der Waals surface area contributed by atoms with Gasteiger partial charge in [0.1, 0.15) is 13.0 Å². The number of aromatic nitrogens is 1. The van der Waals surface area contributed by atoms with Crippen molar-refractivity contribution in [1.29, 1.82) is 15.9 Å². The van der Waals surface area contributed by atoms with Crippen LogP contribution in [-0.2, 0) is 7.05 Å². The minimum absolute atomic E-state index is 0.315. The van der Waals surface area contributed by atoms with Crippen LogP contribution < -0.4 is 4.57 Å². The average molecular weight is 269 g/mol. The van der Waals surface area contributed by atoms with Gasteiger partial charge in [-0.2, -0.15) is 10.5 Å². The van der Waals surface area contributed by atoms with Crippen molar-refractivity contribution in [3.8, 4) is 12.1 Å². The highest BCUT2D eigenvalue weighted by Crippen LogP contribution is 2.43. The lowest BCUT2D eigenvalue weighted by Crippen LogP contribution is -2.30. The van der Waals surface area contributed by atoms with Crippen molar-refractivity contribution in [3.63, 3.8) is 0 Å². The summed E-state index contributed by atoms with van der Waals surface area (Å²) in [5.41, 5.74) is 1.50. The van der Waals surface area contributed by atoms with Crippen LogP contribution in [0.1, 0.15) is 18.4 Å². The summed E-state index contributed by atoms with van der Waals surface area (Å²) in [5, 5.41) is 27.0. The van der Waals surface area contributed by atoms with Gasteiger partial charge >= 0.3 is 0 Å². The average Bonchev–Trinajstić information content (AvgIpc) is 2.38. The highest BCUT2D eigenvalue weighted by atomic mass is 32.2. The van der Waals surface area contributed by atoms with Gasteiger partial charge in [0.2, 0.25) is 0 Å². The van der Waals surface area contributed by atoms with E-state index in [-0.39, 0.29) is 5.92 Å². The van der Waals surface area contributed by atoms with Crippen LogP contribution in [0, 0.1) is 34.0 Å². The molecule has 0 aromatic carbocycles. The minimum Gasteiger partial charge on any atom is -0.297 e. The van der Waals surface area contributed by atoms with E-state index < -0.39 is 5.92 Å². The zero-order valence-electron chi connectivity index (χ0n) is 10.7. The Morgan fingerprint density at radius 2 is 2.16 bits per heavy atom. The Morgan fingerprint density at radius 3 is 2.74 bits per heavy atom. The molecule has 1 aromatic heterocycles. The van der Waals surface area contributed by atoms with Gasteiger partial charge in [-0.05, 0) is 13.0 Å². The molecule has 4 nitrogen and oxygen atoms in total. The zero-order valence-corrected chi connectivity index (χ0v) is 11.5. The second-order valence-electron chi connectivity index (χ2n) is 4.44. The lowest BCUT2D eigenvalue weighted by atomic mass is 9.82. The molecule has 94 valence electrons. The van der Waals surface area contributed by atoms with Crippen molar-refractivity contribution in [2.75, 3.05) is 0 Å². The Balaban J connectivity index is 2.62.